The maximum Gasteiger partial charge on any atom is 1.00 e. The number of hydrogen-bond donors (Lipinski definition) is 3. The summed E-state index contributed by atoms with van der Waals surface area (Å²) in [4.78, 5) is 24.1. The average molecular weight is 1060 g/mol. The summed E-state index contributed by atoms with van der Waals surface area (Å²) in [7, 11) is -4.70. The van der Waals surface area contributed by atoms with Crippen molar-refractivity contribution in [3.05, 3.63) is 102 Å². The van der Waals surface area contributed by atoms with Gasteiger partial charge in [-0.05, 0) is 112 Å². The van der Waals surface area contributed by atoms with E-state index < -0.39 is 64.4 Å². The Morgan fingerprint density at radius 2 is 1.11 bits per heavy atom. The van der Waals surface area contributed by atoms with Gasteiger partial charge in [-0.2, -0.15) is 8.42 Å². The number of hydrogen-bond acceptors (Lipinski definition) is 15. The van der Waals surface area contributed by atoms with Crippen molar-refractivity contribution in [2.75, 3.05) is 33.6 Å². The summed E-state index contributed by atoms with van der Waals surface area (Å²) in [6, 6.07) is 25.7. The second-order valence-electron chi connectivity index (χ2n) is 20.2. The van der Waals surface area contributed by atoms with Crippen molar-refractivity contribution in [1.82, 2.24) is 10.6 Å². The Hall–Kier alpha value is -3.28. The summed E-state index contributed by atoms with van der Waals surface area (Å²) >= 11 is 0. The number of rotatable bonds is 15. The van der Waals surface area contributed by atoms with E-state index in [-0.39, 0.29) is 93.0 Å². The molecule has 2 aliphatic carbocycles. The standard InChI is InChI=1S/C22H33NO6.C16H18O4S.C13H23NO5.CH3F.CH4.Na.H/c1-21(2,3)29-20(24)23-16-13-17(19-18(16)27-22(4,5)28-19)26-12-11-25-14-15-9-7-6-8-10-15;1-14-7-9-16(10-8-14)21(17,18)20-12-11-19-13-15-5-3-2-4-6-15;1-12(2,3)19-11(16)14-7-6-8(15)10-9(7)17-13(4,5)18-10;1-2;;;/h6-10,16-19H,11-14H2,1-5H3,(H,23,24);2-10H,11-13H2,1H3;7-10,15H,6H2,1-5H3,(H,14,16);1H3;1H4;;/q;;;;;+1;-1/t16-,17+,18+,19-;;7-,8+,9+,10-;;;;/m1.1..../s1/i;;;1D;;;. The zero-order chi connectivity index (χ0) is 53.3. The number of benzene rings is 3. The second kappa shape index (κ2) is 29.9. The Labute approximate surface area is 458 Å². The number of halogens is 1. The maximum atomic E-state index is 12.2. The minimum Gasteiger partial charge on any atom is -1.00 e. The third kappa shape index (κ3) is 22.8. The van der Waals surface area contributed by atoms with E-state index in [2.05, 4.69) is 10.6 Å². The number of amides is 2. The molecule has 0 spiro atoms. The molecule has 7 rings (SSSR count). The molecule has 408 valence electrons. The largest absolute Gasteiger partial charge is 1.00 e. The molecule has 0 unspecified atom stereocenters. The van der Waals surface area contributed by atoms with Crippen LogP contribution in [0.1, 0.15) is 109 Å². The van der Waals surface area contributed by atoms with E-state index in [0.29, 0.717) is 39.3 Å². The van der Waals surface area contributed by atoms with E-state index in [9.17, 15) is 27.5 Å². The van der Waals surface area contributed by atoms with Gasteiger partial charge in [0, 0.05) is 0 Å². The number of carbonyl (C=O) groups excluding carboxylic acids is 2. The Morgan fingerprint density at radius 1 is 0.699 bits per heavy atom. The molecule has 2 aliphatic heterocycles. The first-order valence-corrected chi connectivity index (χ1v) is 25.1. The molecule has 2 saturated carbocycles. The molecule has 2 saturated heterocycles. The maximum absolute atomic E-state index is 12.2. The van der Waals surface area contributed by atoms with Crippen LogP contribution in [0.3, 0.4) is 0 Å². The SMILES string of the molecule is C.CC(C)(C)OC(=O)N[C@@H]1C[C@H](O)[C@H]2OC(C)(C)O[C@H]21.CC(C)(C)OC(=O)N[C@@H]1C[C@H](OCCOCc2ccccc2)[C@H]2OC(C)(C)O[C@H]21.Cc1ccc(S(=O)(=O)OCCOCc2ccccc2)cc1.[2H]CF.[H-].[Na+]. The number of ether oxygens (including phenoxy) is 9. The second-order valence-corrected chi connectivity index (χ2v) is 21.9. The molecule has 0 aromatic heterocycles. The number of fused-ring (bicyclic) bond motifs is 2. The predicted octanol–water partition coefficient (Wildman–Crippen LogP) is 5.83. The smallest absolute Gasteiger partial charge is 1.00 e. The molecule has 4 fully saturated rings. The van der Waals surface area contributed by atoms with Crippen molar-refractivity contribution in [3.63, 3.8) is 0 Å². The van der Waals surface area contributed by atoms with Gasteiger partial charge in [0.1, 0.15) is 35.6 Å². The summed E-state index contributed by atoms with van der Waals surface area (Å²) in [6.45, 7) is 22.3. The normalized spacial score (nSPS) is 24.4. The van der Waals surface area contributed by atoms with Gasteiger partial charge in [-0.15, -0.1) is 0 Å². The van der Waals surface area contributed by atoms with Crippen LogP contribution in [0.2, 0.25) is 0 Å². The van der Waals surface area contributed by atoms with E-state index in [1.807, 2.05) is 102 Å². The van der Waals surface area contributed by atoms with Gasteiger partial charge >= 0.3 is 41.7 Å². The molecule has 3 N–H and O–H groups in total. The molecule has 20 heteroatoms. The third-order valence-corrected chi connectivity index (χ3v) is 12.1. The van der Waals surface area contributed by atoms with Gasteiger partial charge in [-0.1, -0.05) is 85.8 Å². The van der Waals surface area contributed by atoms with Crippen LogP contribution in [0.15, 0.2) is 89.8 Å². The monoisotopic (exact) mass is 1060 g/mol. The first-order valence-electron chi connectivity index (χ1n) is 24.4. The molecule has 73 heavy (non-hydrogen) atoms. The third-order valence-electron chi connectivity index (χ3n) is 10.8. The van der Waals surface area contributed by atoms with Crippen LogP contribution < -0.4 is 40.2 Å². The van der Waals surface area contributed by atoms with Crippen molar-refractivity contribution < 1.29 is 107 Å². The van der Waals surface area contributed by atoms with Crippen molar-refractivity contribution in [2.24, 2.45) is 0 Å². The van der Waals surface area contributed by atoms with Crippen LogP contribution in [-0.4, -0.2) is 131 Å². The summed E-state index contributed by atoms with van der Waals surface area (Å²) in [5, 5.41) is 15.6. The van der Waals surface area contributed by atoms with Crippen molar-refractivity contribution in [2.45, 2.75) is 186 Å². The topological polar surface area (TPSA) is 205 Å². The van der Waals surface area contributed by atoms with Gasteiger partial charge < -0.3 is 59.8 Å². The van der Waals surface area contributed by atoms with Gasteiger partial charge in [0.05, 0.1) is 77.4 Å². The summed E-state index contributed by atoms with van der Waals surface area (Å²) in [5.41, 5.74) is 2.07. The molecular formula is C53H82FN2NaO15S. The van der Waals surface area contributed by atoms with E-state index in [0.717, 1.165) is 16.7 Å². The molecule has 0 bridgehead atoms. The summed E-state index contributed by atoms with van der Waals surface area (Å²) < 4.78 is 95.4. The zero-order valence-electron chi connectivity index (χ0n) is 46.0. The Morgan fingerprint density at radius 3 is 1.58 bits per heavy atom. The molecule has 17 nitrogen and oxygen atoms in total. The van der Waals surface area contributed by atoms with Crippen LogP contribution in [0.5, 0.6) is 0 Å². The molecule has 3 aromatic carbocycles. The predicted molar refractivity (Wildman–Crippen MR) is 270 cm³/mol. The number of aliphatic hydroxyl groups excluding tert-OH is 1. The molecular weight excluding hydrogens is 979 g/mol. The fourth-order valence-electron chi connectivity index (χ4n) is 8.01. The minimum absolute atomic E-state index is 0. The van der Waals surface area contributed by atoms with Crippen LogP contribution in [0.25, 0.3) is 0 Å². The molecule has 2 heterocycles. The van der Waals surface area contributed by atoms with Crippen LogP contribution in [0, 0.1) is 6.92 Å². The number of alkyl halides is 1. The molecule has 0 radical (unpaired) electrons. The van der Waals surface area contributed by atoms with Crippen molar-refractivity contribution in [3.8, 4) is 0 Å². The molecule has 3 aromatic rings. The van der Waals surface area contributed by atoms with Crippen LogP contribution >= 0.6 is 0 Å². The Bertz CT molecular complexity index is 2210. The van der Waals surface area contributed by atoms with Gasteiger partial charge in [0.25, 0.3) is 10.1 Å². The van der Waals surface area contributed by atoms with Crippen LogP contribution in [-0.2, 0) is 70.1 Å². The first-order chi connectivity index (χ1) is 33.7. The number of aliphatic hydroxyl groups is 1. The van der Waals surface area contributed by atoms with Crippen molar-refractivity contribution >= 4 is 22.3 Å². The number of alkyl carbamates (subject to hydrolysis) is 2. The molecule has 4 aliphatic rings. The first kappa shape index (κ1) is 64.0. The van der Waals surface area contributed by atoms with Crippen molar-refractivity contribution in [1.29, 1.82) is 0 Å². The molecule has 2 amide bonds. The van der Waals surface area contributed by atoms with Gasteiger partial charge in [0.15, 0.2) is 11.6 Å². The Balaban J connectivity index is 0.000000550. The van der Waals surface area contributed by atoms with E-state index in [4.69, 9.17) is 48.2 Å². The minimum atomic E-state index is -3.70. The number of carbonyl (C=O) groups is 2. The van der Waals surface area contributed by atoms with E-state index >= 15 is 0 Å². The van der Waals surface area contributed by atoms with Gasteiger partial charge in [-0.25, -0.2) is 9.59 Å². The fourth-order valence-corrected chi connectivity index (χ4v) is 8.91. The van der Waals surface area contributed by atoms with E-state index in [1.165, 1.54) is 12.1 Å². The quantitative estimate of drug-likeness (QED) is 0.0932. The fraction of sp³-hybridized carbons (Fsp3) is 0.623. The summed E-state index contributed by atoms with van der Waals surface area (Å²) in [6.07, 6.45) is -2.00. The van der Waals surface area contributed by atoms with Crippen LogP contribution in [0.4, 0.5) is 14.0 Å². The number of nitrogens with one attached hydrogen (secondary N) is 2. The van der Waals surface area contributed by atoms with Gasteiger partial charge in [0.2, 0.25) is 0 Å². The Kier molecular flexibility index (Phi) is 26.2. The average Bonchev–Trinajstić information content (AvgIpc) is 3.97. The molecule has 8 atom stereocenters. The summed E-state index contributed by atoms with van der Waals surface area (Å²) in [5.74, 6) is -1.44. The van der Waals surface area contributed by atoms with E-state index in [1.54, 1.807) is 46.8 Å². The van der Waals surface area contributed by atoms with Gasteiger partial charge in [-0.3, -0.25) is 8.57 Å². The zero-order valence-corrected chi connectivity index (χ0v) is 46.8. The number of aryl methyl sites for hydroxylation is 1.